The summed E-state index contributed by atoms with van der Waals surface area (Å²) in [7, 11) is -3.03. The van der Waals surface area contributed by atoms with E-state index in [1.54, 1.807) is 0 Å². The van der Waals surface area contributed by atoms with Crippen LogP contribution < -0.4 is 4.90 Å². The lowest BCUT2D eigenvalue weighted by atomic mass is 10.1. The largest absolute Gasteiger partial charge is 0.315 e. The van der Waals surface area contributed by atoms with Gasteiger partial charge in [-0.15, -0.1) is 0 Å². The van der Waals surface area contributed by atoms with Crippen LogP contribution in [-0.2, 0) is 14.6 Å². The monoisotopic (exact) mass is 364 g/mol. The number of aliphatic imine (C=N–C) groups is 1. The number of nitrogens with zero attached hydrogens (tertiary/aromatic N) is 2. The summed E-state index contributed by atoms with van der Waals surface area (Å²) in [5.41, 5.74) is 3.15. The predicted molar refractivity (Wildman–Crippen MR) is 97.4 cm³/mol. The molecule has 24 heavy (non-hydrogen) atoms. The van der Waals surface area contributed by atoms with E-state index in [0.717, 1.165) is 29.7 Å². The molecule has 1 aromatic rings. The number of amides is 1. The summed E-state index contributed by atoms with van der Waals surface area (Å²) >= 11 is 1.45. The van der Waals surface area contributed by atoms with Crippen molar-refractivity contribution in [3.63, 3.8) is 0 Å². The summed E-state index contributed by atoms with van der Waals surface area (Å²) in [4.78, 5) is 18.6. The number of carbonyl (C=O) groups is 1. The molecule has 0 spiro atoms. The molecule has 2 heterocycles. The number of para-hydroxylation sites is 1. The van der Waals surface area contributed by atoms with Gasteiger partial charge in [-0.25, -0.2) is 8.42 Å². The molecule has 1 saturated carbocycles. The fraction of sp³-hybridized carbons (Fsp3) is 0.529. The summed E-state index contributed by atoms with van der Waals surface area (Å²) in [5, 5.41) is 0.633. The third kappa shape index (κ3) is 2.77. The molecule has 4 rings (SSSR count). The van der Waals surface area contributed by atoms with Gasteiger partial charge in [0.05, 0.1) is 17.5 Å². The zero-order chi connectivity index (χ0) is 17.1. The molecule has 0 bridgehead atoms. The van der Waals surface area contributed by atoms with E-state index in [0.29, 0.717) is 5.17 Å². The first-order chi connectivity index (χ1) is 11.4. The summed E-state index contributed by atoms with van der Waals surface area (Å²) in [6.07, 6.45) is 1.84. The number of sulfone groups is 1. The van der Waals surface area contributed by atoms with Crippen LogP contribution in [0.4, 0.5) is 5.69 Å². The average Bonchev–Trinajstić information content (AvgIpc) is 3.23. The first kappa shape index (κ1) is 16.1. The Kier molecular flexibility index (Phi) is 3.76. The molecular weight excluding hydrogens is 344 g/mol. The van der Waals surface area contributed by atoms with Gasteiger partial charge in [-0.1, -0.05) is 30.0 Å². The number of amidine groups is 1. The van der Waals surface area contributed by atoms with Crippen LogP contribution in [0.5, 0.6) is 0 Å². The zero-order valence-corrected chi connectivity index (χ0v) is 15.4. The van der Waals surface area contributed by atoms with E-state index in [-0.39, 0.29) is 34.6 Å². The standard InChI is InChI=1S/C17H20N2O3S2/c1-10-4-3-5-11(2)15(10)19-13-8-24(21,22)9-14(13)23-17(19)18-16(20)12-6-7-12/h3-5,12-14H,6-9H2,1-2H3/t13-,14-/m1/s1. The van der Waals surface area contributed by atoms with Crippen LogP contribution in [0, 0.1) is 19.8 Å². The Balaban J connectivity index is 1.79. The van der Waals surface area contributed by atoms with E-state index >= 15 is 0 Å². The van der Waals surface area contributed by atoms with E-state index in [2.05, 4.69) is 4.99 Å². The van der Waals surface area contributed by atoms with E-state index in [9.17, 15) is 13.2 Å². The van der Waals surface area contributed by atoms with Crippen LogP contribution in [0.25, 0.3) is 0 Å². The third-order valence-corrected chi connectivity index (χ3v) is 8.09. The lowest BCUT2D eigenvalue weighted by molar-refractivity contribution is -0.118. The second kappa shape index (κ2) is 5.59. The van der Waals surface area contributed by atoms with Crippen molar-refractivity contribution in [2.45, 2.75) is 38.0 Å². The van der Waals surface area contributed by atoms with Crippen LogP contribution >= 0.6 is 11.8 Å². The number of benzene rings is 1. The van der Waals surface area contributed by atoms with E-state index in [1.807, 2.05) is 36.9 Å². The summed E-state index contributed by atoms with van der Waals surface area (Å²) < 4.78 is 24.2. The zero-order valence-electron chi connectivity index (χ0n) is 13.7. The van der Waals surface area contributed by atoms with Crippen molar-refractivity contribution in [3.05, 3.63) is 29.3 Å². The van der Waals surface area contributed by atoms with Gasteiger partial charge in [-0.3, -0.25) is 4.79 Å². The lowest BCUT2D eigenvalue weighted by Gasteiger charge is -2.27. The average molecular weight is 364 g/mol. The molecule has 0 unspecified atom stereocenters. The smallest absolute Gasteiger partial charge is 0.251 e. The van der Waals surface area contributed by atoms with Gasteiger partial charge in [0, 0.05) is 16.9 Å². The Hall–Kier alpha value is -1.34. The Morgan fingerprint density at radius 3 is 2.50 bits per heavy atom. The Labute approximate surface area is 146 Å². The highest BCUT2D eigenvalue weighted by Crippen LogP contribution is 2.43. The fourth-order valence-corrected chi connectivity index (χ4v) is 7.43. The van der Waals surface area contributed by atoms with Crippen molar-refractivity contribution in [2.24, 2.45) is 10.9 Å². The molecule has 1 aliphatic carbocycles. The number of hydrogen-bond acceptors (Lipinski definition) is 4. The number of aryl methyl sites for hydroxylation is 2. The molecule has 3 fully saturated rings. The molecule has 1 aromatic carbocycles. The van der Waals surface area contributed by atoms with Gasteiger partial charge in [0.2, 0.25) is 0 Å². The molecule has 2 saturated heterocycles. The molecule has 3 aliphatic rings. The Bertz CT molecular complexity index is 823. The molecule has 0 aromatic heterocycles. The van der Waals surface area contributed by atoms with Gasteiger partial charge in [-0.2, -0.15) is 4.99 Å². The van der Waals surface area contributed by atoms with Crippen molar-refractivity contribution in [1.82, 2.24) is 0 Å². The van der Waals surface area contributed by atoms with Crippen molar-refractivity contribution in [1.29, 1.82) is 0 Å². The van der Waals surface area contributed by atoms with Gasteiger partial charge in [0.1, 0.15) is 0 Å². The minimum Gasteiger partial charge on any atom is -0.315 e. The number of carbonyl (C=O) groups excluding carboxylic acids is 1. The quantitative estimate of drug-likeness (QED) is 0.806. The van der Waals surface area contributed by atoms with Gasteiger partial charge < -0.3 is 4.90 Å². The molecule has 2 aliphatic heterocycles. The van der Waals surface area contributed by atoms with Crippen molar-refractivity contribution in [2.75, 3.05) is 16.4 Å². The van der Waals surface area contributed by atoms with Crippen LogP contribution in [-0.4, -0.2) is 42.3 Å². The molecule has 7 heteroatoms. The van der Waals surface area contributed by atoms with Crippen LogP contribution in [0.2, 0.25) is 0 Å². The number of hydrogen-bond donors (Lipinski definition) is 0. The van der Waals surface area contributed by atoms with Crippen molar-refractivity contribution >= 4 is 38.4 Å². The lowest BCUT2D eigenvalue weighted by Crippen LogP contribution is -2.38. The predicted octanol–water partition coefficient (Wildman–Crippen LogP) is 2.31. The van der Waals surface area contributed by atoms with Gasteiger partial charge in [0.25, 0.3) is 5.91 Å². The number of thioether (sulfide) groups is 1. The van der Waals surface area contributed by atoms with Crippen LogP contribution in [0.3, 0.4) is 0 Å². The summed E-state index contributed by atoms with van der Waals surface area (Å²) in [6, 6.07) is 5.89. The minimum atomic E-state index is -3.03. The van der Waals surface area contributed by atoms with Gasteiger partial charge in [0.15, 0.2) is 15.0 Å². The summed E-state index contributed by atoms with van der Waals surface area (Å²) in [5.74, 6) is 0.314. The number of anilines is 1. The molecule has 1 amide bonds. The highest BCUT2D eigenvalue weighted by molar-refractivity contribution is 8.16. The third-order valence-electron chi connectivity index (χ3n) is 4.88. The highest BCUT2D eigenvalue weighted by Gasteiger charge is 2.50. The molecule has 5 nitrogen and oxygen atoms in total. The maximum absolute atomic E-state index is 12.2. The first-order valence-electron chi connectivity index (χ1n) is 8.21. The van der Waals surface area contributed by atoms with E-state index in [1.165, 1.54) is 11.8 Å². The van der Waals surface area contributed by atoms with Gasteiger partial charge in [-0.05, 0) is 37.8 Å². The molecule has 0 radical (unpaired) electrons. The molecular formula is C17H20N2O3S2. The minimum absolute atomic E-state index is 0.0419. The SMILES string of the molecule is Cc1cccc(C)c1N1C(=NC(=O)C2CC2)S[C@@H]2CS(=O)(=O)C[C@H]21. The Morgan fingerprint density at radius 2 is 1.88 bits per heavy atom. The normalized spacial score (nSPS) is 29.9. The number of rotatable bonds is 2. The molecule has 128 valence electrons. The molecule has 0 N–H and O–H groups in total. The maximum atomic E-state index is 12.2. The topological polar surface area (TPSA) is 66.8 Å². The number of fused-ring (bicyclic) bond motifs is 1. The Morgan fingerprint density at radius 1 is 1.21 bits per heavy atom. The second-order valence-electron chi connectivity index (χ2n) is 6.92. The van der Waals surface area contributed by atoms with Crippen molar-refractivity contribution < 1.29 is 13.2 Å². The van der Waals surface area contributed by atoms with E-state index in [4.69, 9.17) is 0 Å². The van der Waals surface area contributed by atoms with Crippen LogP contribution in [0.15, 0.2) is 23.2 Å². The molecule has 2 atom stereocenters. The van der Waals surface area contributed by atoms with Crippen molar-refractivity contribution in [3.8, 4) is 0 Å². The van der Waals surface area contributed by atoms with E-state index < -0.39 is 9.84 Å². The van der Waals surface area contributed by atoms with Crippen LogP contribution in [0.1, 0.15) is 24.0 Å². The summed E-state index contributed by atoms with van der Waals surface area (Å²) in [6.45, 7) is 4.04. The highest BCUT2D eigenvalue weighted by atomic mass is 32.2. The first-order valence-corrected chi connectivity index (χ1v) is 10.9. The maximum Gasteiger partial charge on any atom is 0.251 e. The second-order valence-corrected chi connectivity index (χ2v) is 10.3. The van der Waals surface area contributed by atoms with Gasteiger partial charge >= 0.3 is 0 Å². The fourth-order valence-electron chi connectivity index (χ4n) is 3.53.